The maximum Gasteiger partial charge on any atom is 0.263 e. The van der Waals surface area contributed by atoms with Crippen LogP contribution in [-0.2, 0) is 10.8 Å². The number of ketones is 1. The lowest BCUT2D eigenvalue weighted by Gasteiger charge is -2.17. The second-order valence-corrected chi connectivity index (χ2v) is 10.3. The molecule has 0 aliphatic heterocycles. The first-order chi connectivity index (χ1) is 14.3. The van der Waals surface area contributed by atoms with Crippen LogP contribution in [0.1, 0.15) is 35.7 Å². The van der Waals surface area contributed by atoms with Crippen LogP contribution < -0.4 is 0 Å². The molecule has 3 rings (SSSR count). The number of nitrogens with zero attached hydrogens (tertiary/aromatic N) is 1. The third kappa shape index (κ3) is 5.38. The Bertz CT molecular complexity index is 1030. The summed E-state index contributed by atoms with van der Waals surface area (Å²) in [4.78, 5) is 27.2. The van der Waals surface area contributed by atoms with Crippen molar-refractivity contribution in [3.05, 3.63) is 91.6 Å². The molecule has 8 heteroatoms. The molecule has 156 valence electrons. The van der Waals surface area contributed by atoms with Gasteiger partial charge in [-0.2, -0.15) is 0 Å². The van der Waals surface area contributed by atoms with E-state index in [2.05, 4.69) is 0 Å². The van der Waals surface area contributed by atoms with Crippen LogP contribution >= 0.6 is 34.5 Å². The fourth-order valence-corrected chi connectivity index (χ4v) is 5.69. The van der Waals surface area contributed by atoms with Crippen LogP contribution in [0.15, 0.2) is 60.7 Å². The summed E-state index contributed by atoms with van der Waals surface area (Å²) in [6.07, 6.45) is 0. The number of carbonyl (C=O) groups excluding carboxylic acids is 2. The molecule has 1 atom stereocenters. The maximum atomic E-state index is 13.3. The molecule has 0 radical (unpaired) electrons. The monoisotopic (exact) mass is 479 g/mol. The van der Waals surface area contributed by atoms with Crippen molar-refractivity contribution in [2.24, 2.45) is 0 Å². The van der Waals surface area contributed by atoms with Crippen LogP contribution in [0.4, 0.5) is 0 Å². The van der Waals surface area contributed by atoms with Crippen LogP contribution in [0.2, 0.25) is 10.0 Å². The van der Waals surface area contributed by atoms with Gasteiger partial charge >= 0.3 is 0 Å². The minimum Gasteiger partial charge on any atom is -0.344 e. The van der Waals surface area contributed by atoms with E-state index in [9.17, 15) is 13.8 Å². The Hall–Kier alpha value is -1.99. The highest BCUT2D eigenvalue weighted by molar-refractivity contribution is 7.86. The molecule has 0 aliphatic rings. The third-order valence-electron chi connectivity index (χ3n) is 4.38. The summed E-state index contributed by atoms with van der Waals surface area (Å²) in [6.45, 7) is 0. The molecular formula is C22H19Cl2NO3S2. The van der Waals surface area contributed by atoms with E-state index < -0.39 is 16.0 Å². The highest BCUT2D eigenvalue weighted by Gasteiger charge is 2.25. The number of rotatable bonds is 7. The van der Waals surface area contributed by atoms with Gasteiger partial charge in [0.2, 0.25) is 0 Å². The molecule has 1 heterocycles. The average molecular weight is 480 g/mol. The molecule has 0 N–H and O–H groups in total. The minimum atomic E-state index is -1.54. The molecule has 0 spiro atoms. The SMILES string of the molecule is CN(C)C(=O)c1ccc(C(=O)CS(=O)C(c2ccc(Cl)cc2)c2ccc(Cl)cc2)s1. The molecule has 1 amide bonds. The van der Waals surface area contributed by atoms with E-state index in [0.717, 1.165) is 22.5 Å². The predicted octanol–water partition coefficient (Wildman–Crippen LogP) is 5.48. The van der Waals surface area contributed by atoms with Crippen LogP contribution in [0.5, 0.6) is 0 Å². The first-order valence-electron chi connectivity index (χ1n) is 8.99. The molecule has 4 nitrogen and oxygen atoms in total. The first-order valence-corrected chi connectivity index (χ1v) is 11.9. The summed E-state index contributed by atoms with van der Waals surface area (Å²) in [5.41, 5.74) is 1.59. The van der Waals surface area contributed by atoms with Gasteiger partial charge in [-0.05, 0) is 47.5 Å². The van der Waals surface area contributed by atoms with Crippen molar-refractivity contribution in [1.82, 2.24) is 4.90 Å². The number of carbonyl (C=O) groups is 2. The van der Waals surface area contributed by atoms with Crippen LogP contribution in [0.3, 0.4) is 0 Å². The normalized spacial score (nSPS) is 12.0. The Morgan fingerprint density at radius 1 is 0.867 bits per heavy atom. The second kappa shape index (κ2) is 9.88. The molecular weight excluding hydrogens is 461 g/mol. The third-order valence-corrected chi connectivity index (χ3v) is 7.61. The molecule has 1 unspecified atom stereocenters. The summed E-state index contributed by atoms with van der Waals surface area (Å²) in [6, 6.07) is 17.4. The Balaban J connectivity index is 1.86. The fourth-order valence-electron chi connectivity index (χ4n) is 2.88. The zero-order chi connectivity index (χ0) is 21.8. The highest BCUT2D eigenvalue weighted by Crippen LogP contribution is 2.31. The Kier molecular flexibility index (Phi) is 7.47. The van der Waals surface area contributed by atoms with E-state index in [4.69, 9.17) is 23.2 Å². The van der Waals surface area contributed by atoms with E-state index >= 15 is 0 Å². The summed E-state index contributed by atoms with van der Waals surface area (Å²) in [5.74, 6) is -0.587. The highest BCUT2D eigenvalue weighted by atomic mass is 35.5. The molecule has 0 saturated heterocycles. The van der Waals surface area contributed by atoms with E-state index in [0.29, 0.717) is 19.8 Å². The summed E-state index contributed by atoms with van der Waals surface area (Å²) < 4.78 is 13.3. The van der Waals surface area contributed by atoms with Gasteiger partial charge in [-0.15, -0.1) is 11.3 Å². The van der Waals surface area contributed by atoms with Crippen LogP contribution in [0.25, 0.3) is 0 Å². The van der Waals surface area contributed by atoms with Gasteiger partial charge in [-0.25, -0.2) is 0 Å². The lowest BCUT2D eigenvalue weighted by molar-refractivity contribution is 0.0832. The molecule has 2 aromatic carbocycles. The lowest BCUT2D eigenvalue weighted by Crippen LogP contribution is -2.20. The molecule has 0 aliphatic carbocycles. The fraction of sp³-hybridized carbons (Fsp3) is 0.182. The van der Waals surface area contributed by atoms with E-state index in [1.165, 1.54) is 4.90 Å². The van der Waals surface area contributed by atoms with Crippen LogP contribution in [-0.4, -0.2) is 40.6 Å². The lowest BCUT2D eigenvalue weighted by atomic mass is 10.0. The smallest absolute Gasteiger partial charge is 0.263 e. The Morgan fingerprint density at radius 3 is 1.80 bits per heavy atom. The molecule has 3 aromatic rings. The molecule has 0 bridgehead atoms. The number of hydrogen-bond donors (Lipinski definition) is 0. The second-order valence-electron chi connectivity index (χ2n) is 6.79. The van der Waals surface area contributed by atoms with Gasteiger partial charge in [-0.3, -0.25) is 13.8 Å². The van der Waals surface area contributed by atoms with Crippen molar-refractivity contribution in [3.63, 3.8) is 0 Å². The van der Waals surface area contributed by atoms with E-state index in [-0.39, 0.29) is 17.4 Å². The van der Waals surface area contributed by atoms with Gasteiger partial charge in [0, 0.05) is 34.9 Å². The Labute approximate surface area is 191 Å². The van der Waals surface area contributed by atoms with Gasteiger partial charge < -0.3 is 4.90 Å². The Morgan fingerprint density at radius 2 is 1.33 bits per heavy atom. The summed E-state index contributed by atoms with van der Waals surface area (Å²) in [7, 11) is 1.77. The quantitative estimate of drug-likeness (QED) is 0.421. The van der Waals surface area contributed by atoms with E-state index in [1.807, 2.05) is 24.3 Å². The average Bonchev–Trinajstić information content (AvgIpc) is 3.20. The van der Waals surface area contributed by atoms with Crippen molar-refractivity contribution in [1.29, 1.82) is 0 Å². The van der Waals surface area contributed by atoms with Crippen molar-refractivity contribution in [2.45, 2.75) is 5.25 Å². The summed E-state index contributed by atoms with van der Waals surface area (Å²) in [5, 5.41) is 0.644. The maximum absolute atomic E-state index is 13.3. The topological polar surface area (TPSA) is 54.5 Å². The number of amides is 1. The number of hydrogen-bond acceptors (Lipinski definition) is 4. The molecule has 1 aromatic heterocycles. The zero-order valence-electron chi connectivity index (χ0n) is 16.3. The van der Waals surface area contributed by atoms with Gasteiger partial charge in [0.05, 0.1) is 20.8 Å². The van der Waals surface area contributed by atoms with Crippen molar-refractivity contribution >= 4 is 57.0 Å². The van der Waals surface area contributed by atoms with Crippen LogP contribution in [0, 0.1) is 0 Å². The minimum absolute atomic E-state index is 0.161. The zero-order valence-corrected chi connectivity index (χ0v) is 19.4. The first kappa shape index (κ1) is 22.7. The largest absolute Gasteiger partial charge is 0.344 e. The van der Waals surface area contributed by atoms with Crippen molar-refractivity contribution in [2.75, 3.05) is 19.8 Å². The number of halogens is 2. The number of Topliss-reactive ketones (excluding diaryl/α,β-unsaturated/α-hetero) is 1. The molecule has 30 heavy (non-hydrogen) atoms. The van der Waals surface area contributed by atoms with Gasteiger partial charge in [-0.1, -0.05) is 47.5 Å². The molecule has 0 fully saturated rings. The van der Waals surface area contributed by atoms with E-state index in [1.54, 1.807) is 50.5 Å². The predicted molar refractivity (Wildman–Crippen MR) is 124 cm³/mol. The molecule has 0 saturated carbocycles. The standard InChI is InChI=1S/C22H19Cl2NO3S2/c1-25(2)22(27)20-12-11-19(29-20)18(26)13-30(28)21(14-3-7-16(23)8-4-14)15-5-9-17(24)10-6-15/h3-12,21H,13H2,1-2H3. The number of thiophene rings is 1. The van der Waals surface area contributed by atoms with Crippen molar-refractivity contribution < 1.29 is 13.8 Å². The summed E-state index contributed by atoms with van der Waals surface area (Å²) >= 11 is 13.1. The van der Waals surface area contributed by atoms with Crippen molar-refractivity contribution in [3.8, 4) is 0 Å². The van der Waals surface area contributed by atoms with Gasteiger partial charge in [0.1, 0.15) is 0 Å². The van der Waals surface area contributed by atoms with Gasteiger partial charge in [0.15, 0.2) is 5.78 Å². The van der Waals surface area contributed by atoms with Gasteiger partial charge in [0.25, 0.3) is 5.91 Å². The number of benzene rings is 2.